The summed E-state index contributed by atoms with van der Waals surface area (Å²) in [7, 11) is 2.05. The smallest absolute Gasteiger partial charge is 0.131 e. The zero-order valence-electron chi connectivity index (χ0n) is 13.3. The highest BCUT2D eigenvalue weighted by Gasteiger charge is 2.11. The van der Waals surface area contributed by atoms with E-state index in [1.54, 1.807) is 0 Å². The first-order valence-corrected chi connectivity index (χ1v) is 8.30. The molecule has 118 valence electrons. The molecule has 4 nitrogen and oxygen atoms in total. The Morgan fingerprint density at radius 2 is 1.96 bits per heavy atom. The van der Waals surface area contributed by atoms with Crippen LogP contribution in [0.15, 0.2) is 59.5 Å². The van der Waals surface area contributed by atoms with E-state index in [4.69, 9.17) is 0 Å². The Hall–Kier alpha value is -2.14. The van der Waals surface area contributed by atoms with Gasteiger partial charge in [0, 0.05) is 36.7 Å². The largest absolute Gasteiger partial charge is 0.352 e. The first kappa shape index (κ1) is 15.7. The van der Waals surface area contributed by atoms with E-state index in [0.29, 0.717) is 0 Å². The summed E-state index contributed by atoms with van der Waals surface area (Å²) in [6, 6.07) is 12.5. The first-order chi connectivity index (χ1) is 11.1. The van der Waals surface area contributed by atoms with E-state index in [1.165, 1.54) is 5.56 Å². The van der Waals surface area contributed by atoms with Gasteiger partial charge in [-0.1, -0.05) is 30.3 Å². The third-order valence-corrected chi connectivity index (χ3v) is 4.19. The van der Waals surface area contributed by atoms with Crippen LogP contribution in [-0.2, 0) is 13.1 Å². The van der Waals surface area contributed by atoms with Crippen molar-refractivity contribution in [3.8, 4) is 0 Å². The molecule has 0 unspecified atom stereocenters. The molecule has 0 aliphatic rings. The molecule has 0 aliphatic heterocycles. The van der Waals surface area contributed by atoms with Crippen LogP contribution in [0.5, 0.6) is 0 Å². The van der Waals surface area contributed by atoms with E-state index in [-0.39, 0.29) is 0 Å². The number of pyridine rings is 1. The van der Waals surface area contributed by atoms with Gasteiger partial charge in [-0.25, -0.2) is 9.97 Å². The van der Waals surface area contributed by atoms with Gasteiger partial charge in [0.25, 0.3) is 0 Å². The van der Waals surface area contributed by atoms with Crippen molar-refractivity contribution in [3.05, 3.63) is 76.4 Å². The summed E-state index contributed by atoms with van der Waals surface area (Å²) in [6.07, 6.45) is 5.71. The van der Waals surface area contributed by atoms with Crippen LogP contribution in [0.2, 0.25) is 0 Å². The number of nitrogens with zero attached hydrogens (tertiary/aromatic N) is 4. The molecule has 23 heavy (non-hydrogen) atoms. The maximum atomic E-state index is 4.51. The lowest BCUT2D eigenvalue weighted by atomic mass is 10.2. The molecule has 0 aliphatic carbocycles. The number of benzene rings is 1. The average Bonchev–Trinajstić information content (AvgIpc) is 2.95. The molecule has 3 rings (SSSR count). The highest BCUT2D eigenvalue weighted by atomic mass is 79.9. The molecule has 1 aromatic carbocycles. The number of hydrogen-bond donors (Lipinski definition) is 0. The highest BCUT2D eigenvalue weighted by Crippen LogP contribution is 2.21. The van der Waals surface area contributed by atoms with Gasteiger partial charge in [0.2, 0.25) is 0 Å². The van der Waals surface area contributed by atoms with Gasteiger partial charge in [-0.2, -0.15) is 0 Å². The van der Waals surface area contributed by atoms with Gasteiger partial charge in [-0.15, -0.1) is 0 Å². The van der Waals surface area contributed by atoms with Crippen LogP contribution >= 0.6 is 15.9 Å². The van der Waals surface area contributed by atoms with E-state index >= 15 is 0 Å². The van der Waals surface area contributed by atoms with Crippen molar-refractivity contribution >= 4 is 21.7 Å². The predicted octanol–water partition coefficient (Wildman–Crippen LogP) is 4.03. The zero-order valence-corrected chi connectivity index (χ0v) is 14.9. The van der Waals surface area contributed by atoms with Crippen molar-refractivity contribution in [2.45, 2.75) is 20.0 Å². The standard InChI is InChI=1S/C18H19BrN4/c1-14-10-16(19)11-21-18(14)22(2)13-17-20-8-9-23(17)12-15-6-4-3-5-7-15/h3-11H,12-13H2,1-2H3. The molecule has 0 amide bonds. The van der Waals surface area contributed by atoms with E-state index in [0.717, 1.165) is 34.8 Å². The molecule has 0 spiro atoms. The lowest BCUT2D eigenvalue weighted by Crippen LogP contribution is -2.21. The van der Waals surface area contributed by atoms with Gasteiger partial charge in [0.1, 0.15) is 11.6 Å². The molecule has 0 saturated carbocycles. The Morgan fingerprint density at radius 3 is 2.70 bits per heavy atom. The van der Waals surface area contributed by atoms with E-state index in [1.807, 2.05) is 31.7 Å². The van der Waals surface area contributed by atoms with Crippen molar-refractivity contribution in [3.63, 3.8) is 0 Å². The molecule has 0 N–H and O–H groups in total. The summed E-state index contributed by atoms with van der Waals surface area (Å²) in [4.78, 5) is 11.2. The van der Waals surface area contributed by atoms with Crippen LogP contribution in [0.3, 0.4) is 0 Å². The number of rotatable bonds is 5. The molecule has 2 heterocycles. The molecule has 0 radical (unpaired) electrons. The third-order valence-electron chi connectivity index (χ3n) is 3.75. The quantitative estimate of drug-likeness (QED) is 0.679. The molecule has 0 bridgehead atoms. The van der Waals surface area contributed by atoms with E-state index in [9.17, 15) is 0 Å². The maximum absolute atomic E-state index is 4.51. The van der Waals surface area contributed by atoms with E-state index in [2.05, 4.69) is 72.6 Å². The van der Waals surface area contributed by atoms with Gasteiger partial charge in [0.05, 0.1) is 6.54 Å². The summed E-state index contributed by atoms with van der Waals surface area (Å²) in [5, 5.41) is 0. The molecule has 5 heteroatoms. The Morgan fingerprint density at radius 1 is 1.17 bits per heavy atom. The number of halogens is 1. The predicted molar refractivity (Wildman–Crippen MR) is 96.6 cm³/mol. The molecule has 2 aromatic heterocycles. The number of aromatic nitrogens is 3. The number of anilines is 1. The lowest BCUT2D eigenvalue weighted by molar-refractivity contribution is 0.703. The molecule has 3 aromatic rings. The van der Waals surface area contributed by atoms with Crippen molar-refractivity contribution in [1.29, 1.82) is 0 Å². The highest BCUT2D eigenvalue weighted by molar-refractivity contribution is 9.10. The first-order valence-electron chi connectivity index (χ1n) is 7.50. The second-order valence-electron chi connectivity index (χ2n) is 5.61. The molecule has 0 saturated heterocycles. The zero-order chi connectivity index (χ0) is 16.2. The number of hydrogen-bond acceptors (Lipinski definition) is 3. The van der Waals surface area contributed by atoms with Crippen molar-refractivity contribution in [1.82, 2.24) is 14.5 Å². The molecule has 0 atom stereocenters. The Balaban J connectivity index is 1.77. The van der Waals surface area contributed by atoms with Gasteiger partial charge in [-0.3, -0.25) is 0 Å². The average molecular weight is 371 g/mol. The molecular formula is C18H19BrN4. The fraction of sp³-hybridized carbons (Fsp3) is 0.222. The Labute approximate surface area is 144 Å². The summed E-state index contributed by atoms with van der Waals surface area (Å²) < 4.78 is 3.18. The topological polar surface area (TPSA) is 34.0 Å². The Kier molecular flexibility index (Phi) is 4.76. The van der Waals surface area contributed by atoms with E-state index < -0.39 is 0 Å². The monoisotopic (exact) mass is 370 g/mol. The minimum atomic E-state index is 0.718. The van der Waals surface area contributed by atoms with Crippen LogP contribution in [0, 0.1) is 6.92 Å². The second kappa shape index (κ2) is 6.96. The Bertz CT molecular complexity index is 783. The van der Waals surface area contributed by atoms with Gasteiger partial charge in [0.15, 0.2) is 0 Å². The summed E-state index contributed by atoms with van der Waals surface area (Å²) >= 11 is 3.46. The summed E-state index contributed by atoms with van der Waals surface area (Å²) in [6.45, 7) is 3.62. The van der Waals surface area contributed by atoms with Crippen molar-refractivity contribution < 1.29 is 0 Å². The van der Waals surface area contributed by atoms with Crippen LogP contribution in [0.1, 0.15) is 17.0 Å². The second-order valence-corrected chi connectivity index (χ2v) is 6.52. The van der Waals surface area contributed by atoms with Crippen LogP contribution in [-0.4, -0.2) is 21.6 Å². The fourth-order valence-electron chi connectivity index (χ4n) is 2.64. The van der Waals surface area contributed by atoms with Gasteiger partial charge in [-0.05, 0) is 40.0 Å². The van der Waals surface area contributed by atoms with Gasteiger partial charge < -0.3 is 9.47 Å². The minimum Gasteiger partial charge on any atom is -0.352 e. The van der Waals surface area contributed by atoms with Gasteiger partial charge >= 0.3 is 0 Å². The van der Waals surface area contributed by atoms with Crippen LogP contribution in [0.25, 0.3) is 0 Å². The fourth-order valence-corrected chi connectivity index (χ4v) is 3.08. The third kappa shape index (κ3) is 3.79. The van der Waals surface area contributed by atoms with Crippen LogP contribution < -0.4 is 4.90 Å². The number of imidazole rings is 1. The lowest BCUT2D eigenvalue weighted by Gasteiger charge is -2.20. The van der Waals surface area contributed by atoms with Crippen LogP contribution in [0.4, 0.5) is 5.82 Å². The maximum Gasteiger partial charge on any atom is 0.131 e. The molecular weight excluding hydrogens is 352 g/mol. The SMILES string of the molecule is Cc1cc(Br)cnc1N(C)Cc1nccn1Cc1ccccc1. The summed E-state index contributed by atoms with van der Waals surface area (Å²) in [5.41, 5.74) is 2.41. The minimum absolute atomic E-state index is 0.718. The van der Waals surface area contributed by atoms with Crippen molar-refractivity contribution in [2.75, 3.05) is 11.9 Å². The summed E-state index contributed by atoms with van der Waals surface area (Å²) in [5.74, 6) is 2.00. The molecule has 0 fully saturated rings. The van der Waals surface area contributed by atoms with Crippen molar-refractivity contribution in [2.24, 2.45) is 0 Å². The normalized spacial score (nSPS) is 10.7. The number of aryl methyl sites for hydroxylation is 1.